The molecule has 2 nitrogen and oxygen atoms in total. The largest absolute Gasteiger partial charge is 0.271 e. The van der Waals surface area contributed by atoms with Gasteiger partial charge in [0, 0.05) is 21.2 Å². The number of hydrazine groups is 1. The summed E-state index contributed by atoms with van der Waals surface area (Å²) in [5.41, 5.74) is 3.53. The average molecular weight is 390 g/mol. The molecule has 2 rings (SSSR count). The maximum absolute atomic E-state index is 13.4. The molecule has 21 heavy (non-hydrogen) atoms. The maximum atomic E-state index is 13.4. The zero-order chi connectivity index (χ0) is 15.2. The SMILES string of the molecule is NNC(CSc1ccccc1Br)Cc1cccc(F)c1Cl. The standard InChI is InChI=1S/C15H15BrClFN2S/c16-12-5-1-2-7-14(12)21-9-11(20-19)8-10-4-3-6-13(18)15(10)17/h1-7,11,20H,8-9,19H2. The Morgan fingerprint density at radius 3 is 2.71 bits per heavy atom. The van der Waals surface area contributed by atoms with Crippen molar-refractivity contribution in [3.8, 4) is 0 Å². The van der Waals surface area contributed by atoms with E-state index in [1.54, 1.807) is 17.8 Å². The summed E-state index contributed by atoms with van der Waals surface area (Å²) in [7, 11) is 0. The molecule has 0 aliphatic heterocycles. The Labute approximate surface area is 141 Å². The Balaban J connectivity index is 2.01. The summed E-state index contributed by atoms with van der Waals surface area (Å²) in [5, 5.41) is 0.170. The van der Waals surface area contributed by atoms with Gasteiger partial charge < -0.3 is 0 Å². The molecule has 0 spiro atoms. The van der Waals surface area contributed by atoms with Crippen molar-refractivity contribution >= 4 is 39.3 Å². The molecule has 112 valence electrons. The molecule has 1 atom stereocenters. The van der Waals surface area contributed by atoms with E-state index in [0.29, 0.717) is 6.42 Å². The Morgan fingerprint density at radius 1 is 1.24 bits per heavy atom. The van der Waals surface area contributed by atoms with E-state index in [-0.39, 0.29) is 11.1 Å². The van der Waals surface area contributed by atoms with Crippen LogP contribution in [0.15, 0.2) is 51.8 Å². The van der Waals surface area contributed by atoms with Gasteiger partial charge >= 0.3 is 0 Å². The highest BCUT2D eigenvalue weighted by molar-refractivity contribution is 9.10. The summed E-state index contributed by atoms with van der Waals surface area (Å²) in [6, 6.07) is 12.8. The maximum Gasteiger partial charge on any atom is 0.142 e. The Hall–Kier alpha value is -0.590. The quantitative estimate of drug-likeness (QED) is 0.437. The lowest BCUT2D eigenvalue weighted by molar-refractivity contribution is 0.571. The minimum absolute atomic E-state index is 0.00130. The van der Waals surface area contributed by atoms with E-state index >= 15 is 0 Å². The van der Waals surface area contributed by atoms with E-state index in [0.717, 1.165) is 20.7 Å². The van der Waals surface area contributed by atoms with Gasteiger partial charge in [-0.3, -0.25) is 11.3 Å². The average Bonchev–Trinajstić information content (AvgIpc) is 2.49. The molecule has 0 aromatic heterocycles. The molecular weight excluding hydrogens is 375 g/mol. The number of rotatable bonds is 6. The molecule has 1 unspecified atom stereocenters. The van der Waals surface area contributed by atoms with E-state index in [1.165, 1.54) is 6.07 Å². The molecule has 0 saturated heterocycles. The van der Waals surface area contributed by atoms with Crippen molar-refractivity contribution in [1.82, 2.24) is 5.43 Å². The topological polar surface area (TPSA) is 38.0 Å². The van der Waals surface area contributed by atoms with Crippen LogP contribution in [0.1, 0.15) is 5.56 Å². The van der Waals surface area contributed by atoms with Crippen molar-refractivity contribution in [3.63, 3.8) is 0 Å². The first-order valence-electron chi connectivity index (χ1n) is 6.38. The van der Waals surface area contributed by atoms with Crippen LogP contribution in [0.2, 0.25) is 5.02 Å². The monoisotopic (exact) mass is 388 g/mol. The zero-order valence-electron chi connectivity index (χ0n) is 11.2. The molecule has 0 heterocycles. The van der Waals surface area contributed by atoms with Crippen LogP contribution in [0.25, 0.3) is 0 Å². The van der Waals surface area contributed by atoms with E-state index in [9.17, 15) is 4.39 Å². The molecule has 0 amide bonds. The Kier molecular flexibility index (Phi) is 6.51. The number of benzene rings is 2. The van der Waals surface area contributed by atoms with Gasteiger partial charge in [0.25, 0.3) is 0 Å². The number of hydrogen-bond acceptors (Lipinski definition) is 3. The van der Waals surface area contributed by atoms with Gasteiger partial charge in [0.2, 0.25) is 0 Å². The van der Waals surface area contributed by atoms with Crippen LogP contribution >= 0.6 is 39.3 Å². The summed E-state index contributed by atoms with van der Waals surface area (Å²) in [4.78, 5) is 1.14. The van der Waals surface area contributed by atoms with Crippen LogP contribution in [0.5, 0.6) is 0 Å². The summed E-state index contributed by atoms with van der Waals surface area (Å²) in [6.07, 6.45) is 0.574. The third kappa shape index (κ3) is 4.69. The van der Waals surface area contributed by atoms with Gasteiger partial charge in [-0.2, -0.15) is 0 Å². The van der Waals surface area contributed by atoms with Crippen molar-refractivity contribution < 1.29 is 4.39 Å². The molecular formula is C15H15BrClFN2S. The van der Waals surface area contributed by atoms with Crippen LogP contribution in [0, 0.1) is 5.82 Å². The van der Waals surface area contributed by atoms with Crippen LogP contribution in [-0.2, 0) is 6.42 Å². The first-order chi connectivity index (χ1) is 10.1. The van der Waals surface area contributed by atoms with Crippen LogP contribution in [0.3, 0.4) is 0 Å². The highest BCUT2D eigenvalue weighted by Gasteiger charge is 2.13. The van der Waals surface area contributed by atoms with Crippen molar-refractivity contribution in [1.29, 1.82) is 0 Å². The molecule has 0 aliphatic rings. The lowest BCUT2D eigenvalue weighted by Crippen LogP contribution is -2.38. The van der Waals surface area contributed by atoms with Gasteiger partial charge in [0.15, 0.2) is 0 Å². The first kappa shape index (κ1) is 16.8. The number of nitrogens with two attached hydrogens (primary N) is 1. The second-order valence-electron chi connectivity index (χ2n) is 4.52. The van der Waals surface area contributed by atoms with E-state index in [2.05, 4.69) is 21.4 Å². The lowest BCUT2D eigenvalue weighted by Gasteiger charge is -2.17. The fraction of sp³-hybridized carbons (Fsp3) is 0.200. The molecule has 0 saturated carbocycles. The molecule has 2 aromatic carbocycles. The number of hydrogen-bond donors (Lipinski definition) is 2. The molecule has 0 radical (unpaired) electrons. The van der Waals surface area contributed by atoms with Crippen molar-refractivity contribution in [3.05, 3.63) is 63.3 Å². The van der Waals surface area contributed by atoms with Gasteiger partial charge in [-0.05, 0) is 46.1 Å². The summed E-state index contributed by atoms with van der Waals surface area (Å²) in [6.45, 7) is 0. The zero-order valence-corrected chi connectivity index (χ0v) is 14.3. The molecule has 0 bridgehead atoms. The fourth-order valence-electron chi connectivity index (χ4n) is 1.89. The van der Waals surface area contributed by atoms with Crippen molar-refractivity contribution in [2.75, 3.05) is 5.75 Å². The van der Waals surface area contributed by atoms with Crippen LogP contribution < -0.4 is 11.3 Å². The molecule has 0 fully saturated rings. The van der Waals surface area contributed by atoms with E-state index < -0.39 is 5.82 Å². The van der Waals surface area contributed by atoms with Gasteiger partial charge in [0.1, 0.15) is 5.82 Å². The minimum Gasteiger partial charge on any atom is -0.271 e. The summed E-state index contributed by atoms with van der Waals surface area (Å²) in [5.74, 6) is 5.96. The minimum atomic E-state index is -0.400. The third-order valence-corrected chi connectivity index (χ3v) is 5.62. The summed E-state index contributed by atoms with van der Waals surface area (Å²) < 4.78 is 14.5. The van der Waals surface area contributed by atoms with Gasteiger partial charge in [0.05, 0.1) is 5.02 Å². The number of nitrogens with one attached hydrogen (secondary N) is 1. The highest BCUT2D eigenvalue weighted by Crippen LogP contribution is 2.28. The van der Waals surface area contributed by atoms with Crippen LogP contribution in [-0.4, -0.2) is 11.8 Å². The lowest BCUT2D eigenvalue weighted by atomic mass is 10.1. The number of halogens is 3. The van der Waals surface area contributed by atoms with E-state index in [1.807, 2.05) is 30.3 Å². The van der Waals surface area contributed by atoms with Crippen molar-refractivity contribution in [2.45, 2.75) is 17.4 Å². The molecule has 3 N–H and O–H groups in total. The molecule has 0 aliphatic carbocycles. The second kappa shape index (κ2) is 8.15. The highest BCUT2D eigenvalue weighted by atomic mass is 79.9. The first-order valence-corrected chi connectivity index (χ1v) is 8.54. The smallest absolute Gasteiger partial charge is 0.142 e. The van der Waals surface area contributed by atoms with Crippen molar-refractivity contribution in [2.24, 2.45) is 5.84 Å². The molecule has 2 aromatic rings. The second-order valence-corrected chi connectivity index (χ2v) is 6.82. The van der Waals surface area contributed by atoms with Gasteiger partial charge in [-0.25, -0.2) is 4.39 Å². The van der Waals surface area contributed by atoms with Crippen LogP contribution in [0.4, 0.5) is 4.39 Å². The molecule has 6 heteroatoms. The third-order valence-electron chi connectivity index (χ3n) is 3.01. The Morgan fingerprint density at radius 2 is 2.00 bits per heavy atom. The normalized spacial score (nSPS) is 12.4. The predicted octanol–water partition coefficient (Wildman–Crippen LogP) is 4.41. The van der Waals surface area contributed by atoms with Gasteiger partial charge in [-0.1, -0.05) is 35.9 Å². The summed E-state index contributed by atoms with van der Waals surface area (Å²) >= 11 is 11.2. The Bertz CT molecular complexity index is 612. The van der Waals surface area contributed by atoms with E-state index in [4.69, 9.17) is 17.4 Å². The predicted molar refractivity (Wildman–Crippen MR) is 91.1 cm³/mol. The fourth-order valence-corrected chi connectivity index (χ4v) is 3.70. The number of thioether (sulfide) groups is 1. The van der Waals surface area contributed by atoms with Gasteiger partial charge in [-0.15, -0.1) is 11.8 Å².